The quantitative estimate of drug-likeness (QED) is 0.846. The Labute approximate surface area is 109 Å². The van der Waals surface area contributed by atoms with Crippen LogP contribution in [0.4, 0.5) is 0 Å². The zero-order valence-electron chi connectivity index (χ0n) is 10.1. The largest absolute Gasteiger partial charge is 0.481 e. The van der Waals surface area contributed by atoms with Crippen molar-refractivity contribution in [2.45, 2.75) is 6.42 Å². The molecule has 1 heterocycles. The number of benzene rings is 1. The fraction of sp³-hybridized carbons (Fsp3) is 0.308. The highest BCUT2D eigenvalue weighted by molar-refractivity contribution is 5.97. The molecule has 0 spiro atoms. The zero-order valence-corrected chi connectivity index (χ0v) is 10.1. The molecule has 6 heteroatoms. The Bertz CT molecular complexity index is 540. The number of rotatable bonds is 3. The summed E-state index contributed by atoms with van der Waals surface area (Å²) in [5.41, 5.74) is 0.311. The molecule has 2 rings (SSSR count). The van der Waals surface area contributed by atoms with E-state index < -0.39 is 17.9 Å². The van der Waals surface area contributed by atoms with Gasteiger partial charge in [-0.25, -0.2) is 4.79 Å². The first-order chi connectivity index (χ1) is 8.99. The molecule has 0 aliphatic carbocycles. The lowest BCUT2D eigenvalue weighted by Gasteiger charge is -2.15. The molecule has 1 aliphatic rings. The van der Waals surface area contributed by atoms with Crippen LogP contribution in [0.5, 0.6) is 0 Å². The van der Waals surface area contributed by atoms with Crippen molar-refractivity contribution in [2.24, 2.45) is 5.92 Å². The smallest absolute Gasteiger partial charge is 0.335 e. The number of aliphatic carboxylic acids is 1. The average molecular weight is 263 g/mol. The first kappa shape index (κ1) is 13.1. The number of carboxylic acid groups (broad SMARTS) is 2. The van der Waals surface area contributed by atoms with Gasteiger partial charge in [-0.1, -0.05) is 6.07 Å². The molecule has 0 saturated carbocycles. The lowest BCUT2D eigenvalue weighted by Crippen LogP contribution is -2.30. The van der Waals surface area contributed by atoms with Crippen LogP contribution >= 0.6 is 0 Å². The van der Waals surface area contributed by atoms with Gasteiger partial charge in [0, 0.05) is 18.7 Å². The second kappa shape index (κ2) is 5.09. The van der Waals surface area contributed by atoms with Crippen LogP contribution in [0.25, 0.3) is 0 Å². The van der Waals surface area contributed by atoms with E-state index >= 15 is 0 Å². The van der Waals surface area contributed by atoms with Crippen molar-refractivity contribution in [3.05, 3.63) is 35.4 Å². The topological polar surface area (TPSA) is 94.9 Å². The van der Waals surface area contributed by atoms with Crippen molar-refractivity contribution in [3.63, 3.8) is 0 Å². The summed E-state index contributed by atoms with van der Waals surface area (Å²) in [5, 5.41) is 17.8. The van der Waals surface area contributed by atoms with Gasteiger partial charge in [0.2, 0.25) is 0 Å². The van der Waals surface area contributed by atoms with Crippen LogP contribution in [0.3, 0.4) is 0 Å². The molecular formula is C13H13NO5. The van der Waals surface area contributed by atoms with Crippen LogP contribution < -0.4 is 0 Å². The Kier molecular flexibility index (Phi) is 3.50. The van der Waals surface area contributed by atoms with E-state index in [-0.39, 0.29) is 23.6 Å². The Morgan fingerprint density at radius 3 is 2.42 bits per heavy atom. The molecule has 2 N–H and O–H groups in total. The molecule has 1 aromatic rings. The van der Waals surface area contributed by atoms with E-state index in [1.807, 2.05) is 0 Å². The van der Waals surface area contributed by atoms with Gasteiger partial charge in [-0.3, -0.25) is 9.59 Å². The van der Waals surface area contributed by atoms with Gasteiger partial charge in [0.1, 0.15) is 0 Å². The van der Waals surface area contributed by atoms with E-state index in [0.717, 1.165) is 0 Å². The molecule has 0 radical (unpaired) electrons. The van der Waals surface area contributed by atoms with E-state index in [0.29, 0.717) is 13.0 Å². The van der Waals surface area contributed by atoms with Crippen molar-refractivity contribution >= 4 is 17.8 Å². The normalized spacial score (nSPS) is 18.3. The fourth-order valence-electron chi connectivity index (χ4n) is 2.11. The summed E-state index contributed by atoms with van der Waals surface area (Å²) in [4.78, 5) is 35.2. The van der Waals surface area contributed by atoms with Crippen molar-refractivity contribution in [1.82, 2.24) is 4.90 Å². The minimum atomic E-state index is -1.10. The monoisotopic (exact) mass is 263 g/mol. The third-order valence-corrected chi connectivity index (χ3v) is 3.18. The van der Waals surface area contributed by atoms with Crippen LogP contribution in [0.15, 0.2) is 24.3 Å². The molecular weight excluding hydrogens is 250 g/mol. The third kappa shape index (κ3) is 2.73. The Morgan fingerprint density at radius 1 is 1.16 bits per heavy atom. The summed E-state index contributed by atoms with van der Waals surface area (Å²) in [5.74, 6) is -2.87. The molecule has 0 aromatic heterocycles. The predicted molar refractivity (Wildman–Crippen MR) is 65.0 cm³/mol. The fourth-order valence-corrected chi connectivity index (χ4v) is 2.11. The van der Waals surface area contributed by atoms with E-state index in [1.165, 1.54) is 29.2 Å². The number of carboxylic acids is 2. The van der Waals surface area contributed by atoms with Crippen molar-refractivity contribution in [3.8, 4) is 0 Å². The number of aromatic carboxylic acids is 1. The minimum absolute atomic E-state index is 0.0415. The van der Waals surface area contributed by atoms with Crippen LogP contribution in [-0.2, 0) is 4.79 Å². The van der Waals surface area contributed by atoms with Gasteiger partial charge in [-0.05, 0) is 24.6 Å². The predicted octanol–water partition coefficient (Wildman–Crippen LogP) is 0.931. The molecule has 1 aliphatic heterocycles. The number of carbonyl (C=O) groups is 3. The van der Waals surface area contributed by atoms with Gasteiger partial charge in [0.15, 0.2) is 0 Å². The SMILES string of the molecule is O=C(O)c1cccc(C(=O)N2CCC(C(=O)O)C2)c1. The lowest BCUT2D eigenvalue weighted by atomic mass is 10.1. The zero-order chi connectivity index (χ0) is 14.0. The molecule has 1 amide bonds. The number of amides is 1. The maximum atomic E-state index is 12.1. The third-order valence-electron chi connectivity index (χ3n) is 3.18. The molecule has 1 unspecified atom stereocenters. The van der Waals surface area contributed by atoms with Gasteiger partial charge in [0.05, 0.1) is 11.5 Å². The van der Waals surface area contributed by atoms with Crippen LogP contribution in [0.2, 0.25) is 0 Å². The van der Waals surface area contributed by atoms with Gasteiger partial charge < -0.3 is 15.1 Å². The summed E-state index contributed by atoms with van der Waals surface area (Å²) in [6.07, 6.45) is 0.430. The summed E-state index contributed by atoms with van der Waals surface area (Å²) < 4.78 is 0. The van der Waals surface area contributed by atoms with Crippen LogP contribution in [0, 0.1) is 5.92 Å². The first-order valence-electron chi connectivity index (χ1n) is 5.84. The maximum Gasteiger partial charge on any atom is 0.335 e. The maximum absolute atomic E-state index is 12.1. The standard InChI is InChI=1S/C13H13NO5/c15-11(14-5-4-10(7-14)13(18)19)8-2-1-3-9(6-8)12(16)17/h1-3,6,10H,4-5,7H2,(H,16,17)(H,18,19). The first-order valence-corrected chi connectivity index (χ1v) is 5.84. The van der Waals surface area contributed by atoms with E-state index in [2.05, 4.69) is 0 Å². The summed E-state index contributed by atoms with van der Waals surface area (Å²) >= 11 is 0. The molecule has 0 bridgehead atoms. The minimum Gasteiger partial charge on any atom is -0.481 e. The summed E-state index contributed by atoms with van der Waals surface area (Å²) in [7, 11) is 0. The van der Waals surface area contributed by atoms with E-state index in [1.54, 1.807) is 0 Å². The van der Waals surface area contributed by atoms with Crippen LogP contribution in [0.1, 0.15) is 27.1 Å². The Morgan fingerprint density at radius 2 is 1.84 bits per heavy atom. The Hall–Kier alpha value is -2.37. The summed E-state index contributed by atoms with van der Waals surface area (Å²) in [6.45, 7) is 0.554. The van der Waals surface area contributed by atoms with E-state index in [4.69, 9.17) is 10.2 Å². The molecule has 1 fully saturated rings. The highest BCUT2D eigenvalue weighted by Gasteiger charge is 2.31. The number of hydrogen-bond donors (Lipinski definition) is 2. The number of likely N-dealkylation sites (tertiary alicyclic amines) is 1. The lowest BCUT2D eigenvalue weighted by molar-refractivity contribution is -0.141. The van der Waals surface area contributed by atoms with Crippen molar-refractivity contribution < 1.29 is 24.6 Å². The number of carbonyl (C=O) groups excluding carboxylic acids is 1. The van der Waals surface area contributed by atoms with E-state index in [9.17, 15) is 14.4 Å². The highest BCUT2D eigenvalue weighted by atomic mass is 16.4. The molecule has 1 saturated heterocycles. The average Bonchev–Trinajstić information content (AvgIpc) is 2.87. The molecule has 1 atom stereocenters. The molecule has 6 nitrogen and oxygen atoms in total. The van der Waals surface area contributed by atoms with Crippen LogP contribution in [-0.4, -0.2) is 46.0 Å². The van der Waals surface area contributed by atoms with Crippen molar-refractivity contribution in [1.29, 1.82) is 0 Å². The highest BCUT2D eigenvalue weighted by Crippen LogP contribution is 2.19. The number of hydrogen-bond acceptors (Lipinski definition) is 3. The second-order valence-corrected chi connectivity index (χ2v) is 4.46. The Balaban J connectivity index is 2.14. The molecule has 19 heavy (non-hydrogen) atoms. The van der Waals surface area contributed by atoms with Gasteiger partial charge in [-0.2, -0.15) is 0 Å². The van der Waals surface area contributed by atoms with Gasteiger partial charge >= 0.3 is 11.9 Å². The van der Waals surface area contributed by atoms with Gasteiger partial charge in [0.25, 0.3) is 5.91 Å². The molecule has 1 aromatic carbocycles. The molecule has 100 valence electrons. The number of nitrogens with zero attached hydrogens (tertiary/aromatic N) is 1. The summed E-state index contributed by atoms with van der Waals surface area (Å²) in [6, 6.07) is 5.74. The van der Waals surface area contributed by atoms with Gasteiger partial charge in [-0.15, -0.1) is 0 Å². The van der Waals surface area contributed by atoms with Crippen molar-refractivity contribution in [2.75, 3.05) is 13.1 Å². The second-order valence-electron chi connectivity index (χ2n) is 4.46.